The highest BCUT2D eigenvalue weighted by Crippen LogP contribution is 2.24. The first kappa shape index (κ1) is 12.9. The van der Waals surface area contributed by atoms with Crippen LogP contribution in [0, 0.1) is 0 Å². The van der Waals surface area contributed by atoms with Crippen molar-refractivity contribution in [3.63, 3.8) is 0 Å². The number of piperidine rings is 1. The highest BCUT2D eigenvalue weighted by Gasteiger charge is 2.19. The van der Waals surface area contributed by atoms with Gasteiger partial charge in [0.1, 0.15) is 5.75 Å². The number of likely N-dealkylation sites (tertiary alicyclic amines) is 1. The van der Waals surface area contributed by atoms with Crippen LogP contribution in [0.5, 0.6) is 5.75 Å². The van der Waals surface area contributed by atoms with E-state index in [4.69, 9.17) is 0 Å². The first-order valence-corrected chi connectivity index (χ1v) is 6.85. The molecule has 1 aromatic rings. The summed E-state index contributed by atoms with van der Waals surface area (Å²) < 4.78 is 1.02. The molecule has 2 N–H and O–H groups in total. The van der Waals surface area contributed by atoms with E-state index >= 15 is 0 Å². The monoisotopic (exact) mass is 298 g/mol. The maximum absolute atomic E-state index is 9.83. The summed E-state index contributed by atoms with van der Waals surface area (Å²) in [5, 5.41) is 13.2. The highest BCUT2D eigenvalue weighted by molar-refractivity contribution is 9.10. The molecule has 1 atom stereocenters. The fraction of sp³-hybridized carbons (Fsp3) is 0.538. The molecular formula is C13H19BrN2O. The van der Waals surface area contributed by atoms with Gasteiger partial charge in [-0.2, -0.15) is 0 Å². The van der Waals surface area contributed by atoms with Crippen LogP contribution in [-0.2, 0) is 6.54 Å². The molecule has 1 saturated heterocycles. The molecule has 17 heavy (non-hydrogen) atoms. The van der Waals surface area contributed by atoms with Gasteiger partial charge in [-0.1, -0.05) is 15.9 Å². The van der Waals surface area contributed by atoms with Crippen LogP contribution < -0.4 is 5.32 Å². The number of halogens is 1. The summed E-state index contributed by atoms with van der Waals surface area (Å²) in [5.41, 5.74) is 0.996. The molecule has 0 amide bonds. The van der Waals surface area contributed by atoms with E-state index in [1.165, 1.54) is 12.8 Å². The minimum Gasteiger partial charge on any atom is -0.508 e. The van der Waals surface area contributed by atoms with Crippen LogP contribution in [0.1, 0.15) is 18.4 Å². The molecule has 0 radical (unpaired) electrons. The molecule has 1 aromatic carbocycles. The van der Waals surface area contributed by atoms with E-state index in [2.05, 4.69) is 26.1 Å². The molecule has 0 aliphatic carbocycles. The lowest BCUT2D eigenvalue weighted by Crippen LogP contribution is -2.43. The van der Waals surface area contributed by atoms with Crippen LogP contribution in [-0.4, -0.2) is 36.2 Å². The Labute approximate surface area is 111 Å². The third kappa shape index (κ3) is 3.44. The number of nitrogens with one attached hydrogen (secondary N) is 1. The molecule has 1 fully saturated rings. The maximum atomic E-state index is 9.83. The fourth-order valence-corrected chi connectivity index (χ4v) is 2.76. The fourth-order valence-electron chi connectivity index (χ4n) is 2.36. The molecule has 1 heterocycles. The minimum absolute atomic E-state index is 0.389. The van der Waals surface area contributed by atoms with Gasteiger partial charge in [0.2, 0.25) is 0 Å². The van der Waals surface area contributed by atoms with Gasteiger partial charge in [-0.05, 0) is 44.6 Å². The molecule has 0 saturated carbocycles. The Morgan fingerprint density at radius 1 is 1.53 bits per heavy atom. The summed E-state index contributed by atoms with van der Waals surface area (Å²) in [4.78, 5) is 2.40. The van der Waals surface area contributed by atoms with Gasteiger partial charge in [0, 0.05) is 29.2 Å². The van der Waals surface area contributed by atoms with Gasteiger partial charge in [0.15, 0.2) is 0 Å². The average Bonchev–Trinajstić information content (AvgIpc) is 2.34. The summed E-state index contributed by atoms with van der Waals surface area (Å²) in [6.45, 7) is 3.00. The number of phenolic OH excluding ortho intramolecular Hbond substituents is 1. The number of hydrogen-bond donors (Lipinski definition) is 2. The average molecular weight is 299 g/mol. The van der Waals surface area contributed by atoms with Crippen molar-refractivity contribution < 1.29 is 5.11 Å². The third-order valence-corrected chi connectivity index (χ3v) is 3.84. The summed E-state index contributed by atoms with van der Waals surface area (Å²) in [6, 6.07) is 6.20. The zero-order valence-corrected chi connectivity index (χ0v) is 11.7. The Hall–Kier alpha value is -0.580. The van der Waals surface area contributed by atoms with Crippen LogP contribution >= 0.6 is 15.9 Å². The van der Waals surface area contributed by atoms with Crippen molar-refractivity contribution in [1.82, 2.24) is 10.2 Å². The standard InChI is InChI=1S/C13H19BrN2O/c1-15-12-3-2-6-16(9-12)8-10-7-11(14)4-5-13(10)17/h4-5,7,12,15,17H,2-3,6,8-9H2,1H3. The molecule has 1 aliphatic rings. The van der Waals surface area contributed by atoms with Crippen molar-refractivity contribution in [2.45, 2.75) is 25.4 Å². The number of rotatable bonds is 3. The van der Waals surface area contributed by atoms with Gasteiger partial charge < -0.3 is 10.4 Å². The van der Waals surface area contributed by atoms with E-state index in [-0.39, 0.29) is 0 Å². The van der Waals surface area contributed by atoms with Gasteiger partial charge in [0.05, 0.1) is 0 Å². The molecule has 1 unspecified atom stereocenters. The largest absolute Gasteiger partial charge is 0.508 e. The lowest BCUT2D eigenvalue weighted by Gasteiger charge is -2.32. The van der Waals surface area contributed by atoms with Gasteiger partial charge in [-0.25, -0.2) is 0 Å². The molecule has 4 heteroatoms. The summed E-state index contributed by atoms with van der Waals surface area (Å²) >= 11 is 3.44. The normalized spacial score (nSPS) is 21.6. The summed E-state index contributed by atoms with van der Waals surface area (Å²) in [7, 11) is 2.02. The van der Waals surface area contributed by atoms with Crippen LogP contribution in [0.15, 0.2) is 22.7 Å². The number of benzene rings is 1. The van der Waals surface area contributed by atoms with Crippen molar-refractivity contribution in [2.75, 3.05) is 20.1 Å². The summed E-state index contributed by atoms with van der Waals surface area (Å²) in [6.07, 6.45) is 2.47. The first-order valence-electron chi connectivity index (χ1n) is 6.06. The predicted molar refractivity (Wildman–Crippen MR) is 73.2 cm³/mol. The zero-order chi connectivity index (χ0) is 12.3. The van der Waals surface area contributed by atoms with Crippen LogP contribution in [0.25, 0.3) is 0 Å². The van der Waals surface area contributed by atoms with Crippen molar-refractivity contribution in [2.24, 2.45) is 0 Å². The molecule has 3 nitrogen and oxygen atoms in total. The maximum Gasteiger partial charge on any atom is 0.120 e. The predicted octanol–water partition coefficient (Wildman–Crippen LogP) is 2.34. The molecule has 0 spiro atoms. The van der Waals surface area contributed by atoms with E-state index in [1.54, 1.807) is 6.07 Å². The van der Waals surface area contributed by atoms with E-state index in [0.29, 0.717) is 11.8 Å². The second-order valence-electron chi connectivity index (χ2n) is 4.64. The Morgan fingerprint density at radius 3 is 3.12 bits per heavy atom. The topological polar surface area (TPSA) is 35.5 Å². The van der Waals surface area contributed by atoms with Gasteiger partial charge in [-0.15, -0.1) is 0 Å². The zero-order valence-electron chi connectivity index (χ0n) is 10.1. The smallest absolute Gasteiger partial charge is 0.120 e. The number of likely N-dealkylation sites (N-methyl/N-ethyl adjacent to an activating group) is 1. The van der Waals surface area contributed by atoms with E-state index in [0.717, 1.165) is 29.7 Å². The third-order valence-electron chi connectivity index (χ3n) is 3.35. The molecule has 0 aromatic heterocycles. The molecule has 0 bridgehead atoms. The molecule has 2 rings (SSSR count). The quantitative estimate of drug-likeness (QED) is 0.899. The van der Waals surface area contributed by atoms with Crippen LogP contribution in [0.3, 0.4) is 0 Å². The van der Waals surface area contributed by atoms with E-state index in [9.17, 15) is 5.11 Å². The lowest BCUT2D eigenvalue weighted by atomic mass is 10.0. The Kier molecular flexibility index (Phi) is 4.42. The Bertz CT molecular complexity index is 384. The molecular weight excluding hydrogens is 280 g/mol. The second kappa shape index (κ2) is 5.85. The van der Waals surface area contributed by atoms with E-state index < -0.39 is 0 Å². The molecule has 1 aliphatic heterocycles. The van der Waals surface area contributed by atoms with Crippen molar-refractivity contribution in [3.05, 3.63) is 28.2 Å². The van der Waals surface area contributed by atoms with Crippen LogP contribution in [0.4, 0.5) is 0 Å². The number of nitrogens with zero attached hydrogens (tertiary/aromatic N) is 1. The second-order valence-corrected chi connectivity index (χ2v) is 5.55. The number of phenols is 1. The van der Waals surface area contributed by atoms with Crippen molar-refractivity contribution in [1.29, 1.82) is 0 Å². The number of aromatic hydroxyl groups is 1. The first-order chi connectivity index (χ1) is 8.19. The minimum atomic E-state index is 0.389. The number of hydrogen-bond acceptors (Lipinski definition) is 3. The van der Waals surface area contributed by atoms with Gasteiger partial charge in [0.25, 0.3) is 0 Å². The highest BCUT2D eigenvalue weighted by atomic mass is 79.9. The van der Waals surface area contributed by atoms with Crippen LogP contribution in [0.2, 0.25) is 0 Å². The van der Waals surface area contributed by atoms with Crippen molar-refractivity contribution in [3.8, 4) is 5.75 Å². The SMILES string of the molecule is CNC1CCCN(Cc2cc(Br)ccc2O)C1. The Morgan fingerprint density at radius 2 is 2.35 bits per heavy atom. The van der Waals surface area contributed by atoms with Gasteiger partial charge >= 0.3 is 0 Å². The summed E-state index contributed by atoms with van der Waals surface area (Å²) in [5.74, 6) is 0.389. The van der Waals surface area contributed by atoms with Gasteiger partial charge in [-0.3, -0.25) is 4.90 Å². The van der Waals surface area contributed by atoms with Crippen molar-refractivity contribution >= 4 is 15.9 Å². The molecule has 94 valence electrons. The lowest BCUT2D eigenvalue weighted by molar-refractivity contribution is 0.186. The van der Waals surface area contributed by atoms with E-state index in [1.807, 2.05) is 19.2 Å². The Balaban J connectivity index is 2.02.